The Morgan fingerprint density at radius 3 is 2.58 bits per heavy atom. The van der Waals surface area contributed by atoms with Gasteiger partial charge >= 0.3 is 0 Å². The molecule has 12 heavy (non-hydrogen) atoms. The Hall–Kier alpha value is -0.790. The largest absolute Gasteiger partial charge is 0.340 e. The van der Waals surface area contributed by atoms with Gasteiger partial charge in [0, 0.05) is 13.6 Å². The van der Waals surface area contributed by atoms with Gasteiger partial charge in [-0.25, -0.2) is 0 Å². The molecule has 0 fully saturated rings. The summed E-state index contributed by atoms with van der Waals surface area (Å²) in [7, 11) is 1.78. The van der Waals surface area contributed by atoms with Crippen LogP contribution in [-0.2, 0) is 0 Å². The number of hydrogen-bond acceptors (Lipinski definition) is 1. The van der Waals surface area contributed by atoms with Gasteiger partial charge in [-0.3, -0.25) is 4.99 Å². The van der Waals surface area contributed by atoms with Crippen molar-refractivity contribution in [2.45, 2.75) is 26.7 Å². The summed E-state index contributed by atoms with van der Waals surface area (Å²) in [6.45, 7) is 9.22. The molecule has 0 saturated heterocycles. The van der Waals surface area contributed by atoms with Crippen molar-refractivity contribution in [2.75, 3.05) is 13.6 Å². The molecular formula is C10H20N2. The van der Waals surface area contributed by atoms with Crippen LogP contribution in [0.2, 0.25) is 0 Å². The second kappa shape index (κ2) is 6.89. The summed E-state index contributed by atoms with van der Waals surface area (Å²) in [6.07, 6.45) is 6.10. The quantitative estimate of drug-likeness (QED) is 0.439. The highest BCUT2D eigenvalue weighted by Crippen LogP contribution is 2.03. The molecule has 0 aliphatic heterocycles. The normalized spacial score (nSPS) is 11.0. The van der Waals surface area contributed by atoms with E-state index < -0.39 is 0 Å². The van der Waals surface area contributed by atoms with Gasteiger partial charge in [0.15, 0.2) is 0 Å². The molecule has 0 saturated carbocycles. The Kier molecular flexibility index (Phi) is 6.44. The van der Waals surface area contributed by atoms with Crippen molar-refractivity contribution in [3.8, 4) is 0 Å². The molecule has 0 bridgehead atoms. The molecule has 0 heterocycles. The fourth-order valence-corrected chi connectivity index (χ4v) is 1.03. The van der Waals surface area contributed by atoms with Gasteiger partial charge in [0.05, 0.1) is 6.34 Å². The van der Waals surface area contributed by atoms with E-state index in [0.717, 1.165) is 12.5 Å². The van der Waals surface area contributed by atoms with E-state index in [4.69, 9.17) is 0 Å². The van der Waals surface area contributed by atoms with Gasteiger partial charge in [-0.1, -0.05) is 20.4 Å². The van der Waals surface area contributed by atoms with Crippen molar-refractivity contribution >= 4 is 6.34 Å². The average molecular weight is 168 g/mol. The van der Waals surface area contributed by atoms with E-state index in [1.54, 1.807) is 7.05 Å². The Balaban J connectivity index is 3.51. The molecule has 2 nitrogen and oxygen atoms in total. The molecule has 0 amide bonds. The molecule has 0 aliphatic carbocycles. The third kappa shape index (κ3) is 5.96. The minimum atomic E-state index is 0.787. The van der Waals surface area contributed by atoms with Crippen molar-refractivity contribution in [2.24, 2.45) is 10.9 Å². The van der Waals surface area contributed by atoms with Gasteiger partial charge in [-0.15, -0.1) is 0 Å². The van der Waals surface area contributed by atoms with E-state index in [2.05, 4.69) is 25.4 Å². The van der Waals surface area contributed by atoms with Gasteiger partial charge in [0.25, 0.3) is 0 Å². The van der Waals surface area contributed by atoms with Crippen molar-refractivity contribution in [1.29, 1.82) is 0 Å². The molecule has 0 unspecified atom stereocenters. The average Bonchev–Trinajstić information content (AvgIpc) is 2.02. The van der Waals surface area contributed by atoms with Crippen LogP contribution in [0.3, 0.4) is 0 Å². The van der Waals surface area contributed by atoms with Gasteiger partial charge in [-0.2, -0.15) is 0 Å². The first kappa shape index (κ1) is 11.2. The highest BCUT2D eigenvalue weighted by atomic mass is 15.1. The molecule has 0 N–H and O–H groups in total. The first-order chi connectivity index (χ1) is 5.70. The monoisotopic (exact) mass is 168 g/mol. The molecule has 0 aromatic carbocycles. The van der Waals surface area contributed by atoms with Crippen LogP contribution in [0.5, 0.6) is 0 Å². The summed E-state index contributed by atoms with van der Waals surface area (Å²) in [5.41, 5.74) is 0. The minimum Gasteiger partial charge on any atom is -0.340 e. The standard InChI is InChI=1S/C10H20N2/c1-5-12(9-11-4)8-6-7-10(2)3/h5,9-10H,1,6-8H2,2-4H3. The van der Waals surface area contributed by atoms with Crippen molar-refractivity contribution in [3.05, 3.63) is 12.8 Å². The summed E-state index contributed by atoms with van der Waals surface area (Å²) in [4.78, 5) is 5.95. The summed E-state index contributed by atoms with van der Waals surface area (Å²) < 4.78 is 0. The number of rotatable bonds is 6. The van der Waals surface area contributed by atoms with Crippen molar-refractivity contribution < 1.29 is 0 Å². The van der Waals surface area contributed by atoms with Crippen LogP contribution in [0.4, 0.5) is 0 Å². The second-order valence-electron chi connectivity index (χ2n) is 3.33. The molecular weight excluding hydrogens is 148 g/mol. The maximum Gasteiger partial charge on any atom is 0.0885 e. The van der Waals surface area contributed by atoms with Crippen LogP contribution < -0.4 is 0 Å². The number of aliphatic imine (C=N–C) groups is 1. The van der Waals surface area contributed by atoms with Crippen LogP contribution in [-0.4, -0.2) is 24.8 Å². The third-order valence-corrected chi connectivity index (χ3v) is 1.70. The molecule has 0 aliphatic rings. The van der Waals surface area contributed by atoms with Crippen LogP contribution in [0.15, 0.2) is 17.8 Å². The Morgan fingerprint density at radius 2 is 2.17 bits per heavy atom. The first-order valence-corrected chi connectivity index (χ1v) is 4.51. The first-order valence-electron chi connectivity index (χ1n) is 4.51. The molecule has 0 atom stereocenters. The molecule has 0 rings (SSSR count). The zero-order valence-corrected chi connectivity index (χ0v) is 8.45. The van der Waals surface area contributed by atoms with Crippen molar-refractivity contribution in [1.82, 2.24) is 4.90 Å². The molecule has 0 spiro atoms. The van der Waals surface area contributed by atoms with Crippen LogP contribution in [0.25, 0.3) is 0 Å². The third-order valence-electron chi connectivity index (χ3n) is 1.70. The number of hydrogen-bond donors (Lipinski definition) is 0. The molecule has 0 aromatic heterocycles. The topological polar surface area (TPSA) is 15.6 Å². The SMILES string of the molecule is C=CN(C=NC)CCCC(C)C. The lowest BCUT2D eigenvalue weighted by Crippen LogP contribution is -2.16. The second-order valence-corrected chi connectivity index (χ2v) is 3.33. The van der Waals surface area contributed by atoms with E-state index in [9.17, 15) is 0 Å². The maximum atomic E-state index is 3.93. The molecule has 2 heteroatoms. The Bertz CT molecular complexity index is 139. The Labute approximate surface area is 76.0 Å². The summed E-state index contributed by atoms with van der Waals surface area (Å²) in [6, 6.07) is 0. The smallest absolute Gasteiger partial charge is 0.0885 e. The van der Waals surface area contributed by atoms with Gasteiger partial charge in [-0.05, 0) is 25.0 Å². The van der Waals surface area contributed by atoms with Crippen molar-refractivity contribution in [3.63, 3.8) is 0 Å². The lowest BCUT2D eigenvalue weighted by Gasteiger charge is -2.13. The van der Waals surface area contributed by atoms with E-state index in [1.165, 1.54) is 12.8 Å². The van der Waals surface area contributed by atoms with Crippen LogP contribution in [0.1, 0.15) is 26.7 Å². The molecule has 0 aromatic rings. The fourth-order valence-electron chi connectivity index (χ4n) is 1.03. The summed E-state index contributed by atoms with van der Waals surface area (Å²) in [5, 5.41) is 0. The molecule has 0 radical (unpaired) electrons. The van der Waals surface area contributed by atoms with Crippen LogP contribution >= 0.6 is 0 Å². The summed E-state index contributed by atoms with van der Waals surface area (Å²) >= 11 is 0. The van der Waals surface area contributed by atoms with Crippen LogP contribution in [0, 0.1) is 5.92 Å². The number of nitrogens with zero attached hydrogens (tertiary/aromatic N) is 2. The van der Waals surface area contributed by atoms with E-state index in [-0.39, 0.29) is 0 Å². The zero-order chi connectivity index (χ0) is 9.40. The van der Waals surface area contributed by atoms with Gasteiger partial charge < -0.3 is 4.90 Å². The van der Waals surface area contributed by atoms with E-state index in [0.29, 0.717) is 0 Å². The van der Waals surface area contributed by atoms with E-state index in [1.807, 2.05) is 17.4 Å². The maximum absolute atomic E-state index is 3.93. The van der Waals surface area contributed by atoms with Gasteiger partial charge in [0.1, 0.15) is 0 Å². The minimum absolute atomic E-state index is 0.787. The zero-order valence-electron chi connectivity index (χ0n) is 8.45. The predicted octanol–water partition coefficient (Wildman–Crippen LogP) is 2.53. The fraction of sp³-hybridized carbons (Fsp3) is 0.700. The highest BCUT2D eigenvalue weighted by molar-refractivity contribution is 5.55. The van der Waals surface area contributed by atoms with Gasteiger partial charge in [0.2, 0.25) is 0 Å². The van der Waals surface area contributed by atoms with E-state index >= 15 is 0 Å². The predicted molar refractivity (Wildman–Crippen MR) is 55.4 cm³/mol. The lowest BCUT2D eigenvalue weighted by molar-refractivity contribution is 0.479. The highest BCUT2D eigenvalue weighted by Gasteiger charge is 1.96. The summed E-state index contributed by atoms with van der Waals surface area (Å²) in [5.74, 6) is 0.787. The Morgan fingerprint density at radius 1 is 1.50 bits per heavy atom. The lowest BCUT2D eigenvalue weighted by atomic mass is 10.1. The molecule has 70 valence electrons.